The maximum atomic E-state index is 13.9. The molecule has 0 aliphatic heterocycles. The van der Waals surface area contributed by atoms with Crippen molar-refractivity contribution in [3.05, 3.63) is 72.1 Å². The maximum Gasteiger partial charge on any atom is 0.387 e. The quantitative estimate of drug-likeness (QED) is 0.592. The zero-order chi connectivity index (χ0) is 20.1. The minimum atomic E-state index is -3.33. The van der Waals surface area contributed by atoms with Crippen molar-refractivity contribution in [1.29, 1.82) is 0 Å². The molecule has 0 fully saturated rings. The van der Waals surface area contributed by atoms with Crippen LogP contribution >= 0.6 is 0 Å². The van der Waals surface area contributed by atoms with E-state index in [1.807, 2.05) is 30.3 Å². The predicted molar refractivity (Wildman–Crippen MR) is 95.9 cm³/mol. The highest BCUT2D eigenvalue weighted by Gasteiger charge is 2.18. The summed E-state index contributed by atoms with van der Waals surface area (Å²) in [6.45, 7) is -2.97. The van der Waals surface area contributed by atoms with Crippen LogP contribution < -0.4 is 15.8 Å². The molecule has 0 bridgehead atoms. The van der Waals surface area contributed by atoms with Gasteiger partial charge in [-0.25, -0.2) is 18.7 Å². The summed E-state index contributed by atoms with van der Waals surface area (Å²) in [6.07, 6.45) is 1.21. The highest BCUT2D eigenvalue weighted by molar-refractivity contribution is 5.63. The van der Waals surface area contributed by atoms with E-state index in [2.05, 4.69) is 20.0 Å². The molecule has 0 aliphatic rings. The van der Waals surface area contributed by atoms with Crippen molar-refractivity contribution in [1.82, 2.24) is 9.97 Å². The van der Waals surface area contributed by atoms with E-state index < -0.39 is 24.0 Å². The first-order valence-electron chi connectivity index (χ1n) is 8.24. The van der Waals surface area contributed by atoms with Crippen molar-refractivity contribution in [2.75, 3.05) is 11.9 Å². The average Bonchev–Trinajstić information content (AvgIpc) is 2.69. The molecule has 3 aromatic rings. The van der Waals surface area contributed by atoms with Crippen LogP contribution in [-0.2, 0) is 0 Å². The van der Waals surface area contributed by atoms with Gasteiger partial charge in [-0.2, -0.15) is 8.78 Å². The molecular weight excluding hydrogens is 376 g/mol. The first-order valence-corrected chi connectivity index (χ1v) is 8.24. The van der Waals surface area contributed by atoms with E-state index in [-0.39, 0.29) is 17.3 Å². The van der Waals surface area contributed by atoms with Gasteiger partial charge in [-0.05, 0) is 17.7 Å². The van der Waals surface area contributed by atoms with E-state index in [0.29, 0.717) is 12.4 Å². The molecule has 0 aliphatic carbocycles. The van der Waals surface area contributed by atoms with Gasteiger partial charge in [0.1, 0.15) is 12.1 Å². The van der Waals surface area contributed by atoms with Crippen LogP contribution in [-0.4, -0.2) is 23.1 Å². The molecule has 146 valence electrons. The van der Waals surface area contributed by atoms with E-state index in [4.69, 9.17) is 5.73 Å². The molecule has 0 saturated heterocycles. The van der Waals surface area contributed by atoms with Crippen molar-refractivity contribution in [3.63, 3.8) is 0 Å². The van der Waals surface area contributed by atoms with Crippen LogP contribution in [0.3, 0.4) is 0 Å². The Bertz CT molecular complexity index is 917. The van der Waals surface area contributed by atoms with Gasteiger partial charge in [-0.15, -0.1) is 0 Å². The molecule has 3 N–H and O–H groups in total. The fraction of sp³-hybridized carbons (Fsp3) is 0.158. The van der Waals surface area contributed by atoms with Gasteiger partial charge in [0.15, 0.2) is 17.4 Å². The number of hydrogen-bond acceptors (Lipinski definition) is 5. The molecule has 0 radical (unpaired) electrons. The third-order valence-corrected chi connectivity index (χ3v) is 3.90. The number of halogens is 4. The summed E-state index contributed by atoms with van der Waals surface area (Å²) in [4.78, 5) is 8.01. The Morgan fingerprint density at radius 3 is 2.32 bits per heavy atom. The number of rotatable bonds is 7. The Morgan fingerprint density at radius 1 is 1.00 bits per heavy atom. The number of aromatic nitrogens is 2. The fourth-order valence-corrected chi connectivity index (χ4v) is 2.55. The summed E-state index contributed by atoms with van der Waals surface area (Å²) in [5.74, 6) is -3.26. The van der Waals surface area contributed by atoms with Crippen molar-refractivity contribution >= 4 is 5.82 Å². The Balaban J connectivity index is 1.76. The van der Waals surface area contributed by atoms with Gasteiger partial charge in [0.25, 0.3) is 0 Å². The molecule has 28 heavy (non-hydrogen) atoms. The van der Waals surface area contributed by atoms with Crippen LogP contribution in [0.2, 0.25) is 0 Å². The standard InChI is InChI=1S/C19H16F4N4O/c20-13-6-12(7-14(21)18(13)28-19(22)23)16-8-17(27-10-26-16)25-9-15(24)11-4-2-1-3-5-11/h1-8,10,15,19H,9,24H2,(H,25,26,27). The molecule has 1 atom stereocenters. The molecule has 0 amide bonds. The average molecular weight is 392 g/mol. The van der Waals surface area contributed by atoms with Gasteiger partial charge in [0.2, 0.25) is 0 Å². The lowest BCUT2D eigenvalue weighted by molar-refractivity contribution is -0.0546. The molecule has 0 spiro atoms. The number of anilines is 1. The van der Waals surface area contributed by atoms with Crippen LogP contribution in [0.1, 0.15) is 11.6 Å². The van der Waals surface area contributed by atoms with Gasteiger partial charge < -0.3 is 15.8 Å². The number of nitrogens with zero attached hydrogens (tertiary/aromatic N) is 2. The Labute approximate surface area is 158 Å². The Morgan fingerprint density at radius 2 is 1.68 bits per heavy atom. The van der Waals surface area contributed by atoms with Gasteiger partial charge in [0, 0.05) is 24.2 Å². The Kier molecular flexibility index (Phi) is 6.05. The number of alkyl halides is 2. The van der Waals surface area contributed by atoms with Crippen molar-refractivity contribution in [2.45, 2.75) is 12.7 Å². The highest BCUT2D eigenvalue weighted by Crippen LogP contribution is 2.29. The van der Waals surface area contributed by atoms with Crippen LogP contribution in [0.25, 0.3) is 11.3 Å². The smallest absolute Gasteiger partial charge is 0.387 e. The number of hydrogen-bond donors (Lipinski definition) is 2. The van der Waals surface area contributed by atoms with Crippen LogP contribution in [0.4, 0.5) is 23.4 Å². The highest BCUT2D eigenvalue weighted by atomic mass is 19.3. The number of ether oxygens (including phenoxy) is 1. The normalized spacial score (nSPS) is 12.1. The lowest BCUT2D eigenvalue weighted by Crippen LogP contribution is -2.20. The summed E-state index contributed by atoms with van der Waals surface area (Å²) in [6, 6.07) is 12.3. The Hall–Kier alpha value is -3.20. The van der Waals surface area contributed by atoms with Crippen molar-refractivity contribution in [3.8, 4) is 17.0 Å². The second kappa shape index (κ2) is 8.66. The van der Waals surface area contributed by atoms with Crippen molar-refractivity contribution in [2.24, 2.45) is 5.73 Å². The zero-order valence-electron chi connectivity index (χ0n) is 14.4. The van der Waals surface area contributed by atoms with E-state index in [1.54, 1.807) is 0 Å². The van der Waals surface area contributed by atoms with E-state index in [1.165, 1.54) is 12.4 Å². The van der Waals surface area contributed by atoms with Gasteiger partial charge >= 0.3 is 6.61 Å². The monoisotopic (exact) mass is 392 g/mol. The third kappa shape index (κ3) is 4.74. The minimum Gasteiger partial charge on any atom is -0.429 e. The molecule has 1 aromatic heterocycles. The molecule has 1 unspecified atom stereocenters. The third-order valence-electron chi connectivity index (χ3n) is 3.90. The summed E-state index contributed by atoms with van der Waals surface area (Å²) < 4.78 is 56.2. The first-order chi connectivity index (χ1) is 13.4. The number of nitrogens with two attached hydrogens (primary N) is 1. The molecule has 9 heteroatoms. The molecule has 1 heterocycles. The second-order valence-corrected chi connectivity index (χ2v) is 5.83. The number of nitrogens with one attached hydrogen (secondary N) is 1. The van der Waals surface area contributed by atoms with Crippen LogP contribution in [0.15, 0.2) is 54.9 Å². The lowest BCUT2D eigenvalue weighted by atomic mass is 10.1. The van der Waals surface area contributed by atoms with E-state index in [9.17, 15) is 17.6 Å². The summed E-state index contributed by atoms with van der Waals surface area (Å²) in [5.41, 5.74) is 7.29. The maximum absolute atomic E-state index is 13.9. The summed E-state index contributed by atoms with van der Waals surface area (Å²) in [5, 5.41) is 3.03. The van der Waals surface area contributed by atoms with E-state index in [0.717, 1.165) is 17.7 Å². The zero-order valence-corrected chi connectivity index (χ0v) is 14.4. The minimum absolute atomic E-state index is 0.0504. The predicted octanol–water partition coefficient (Wildman–Crippen LogP) is 4.14. The second-order valence-electron chi connectivity index (χ2n) is 5.83. The van der Waals surface area contributed by atoms with E-state index >= 15 is 0 Å². The fourth-order valence-electron chi connectivity index (χ4n) is 2.55. The first kappa shape index (κ1) is 19.6. The van der Waals surface area contributed by atoms with Gasteiger partial charge in [-0.1, -0.05) is 30.3 Å². The lowest BCUT2D eigenvalue weighted by Gasteiger charge is -2.14. The molecule has 3 rings (SSSR count). The van der Waals surface area contributed by atoms with Crippen LogP contribution in [0.5, 0.6) is 5.75 Å². The van der Waals surface area contributed by atoms with Crippen LogP contribution in [0, 0.1) is 11.6 Å². The molecular formula is C19H16F4N4O. The molecule has 2 aromatic carbocycles. The largest absolute Gasteiger partial charge is 0.429 e. The SMILES string of the molecule is NC(CNc1cc(-c2cc(F)c(OC(F)F)c(F)c2)ncn1)c1ccccc1. The van der Waals surface area contributed by atoms with Crippen molar-refractivity contribution < 1.29 is 22.3 Å². The van der Waals surface area contributed by atoms with Gasteiger partial charge in [0.05, 0.1) is 5.69 Å². The summed E-state index contributed by atoms with van der Waals surface area (Å²) in [7, 11) is 0. The van der Waals surface area contributed by atoms with Gasteiger partial charge in [-0.3, -0.25) is 0 Å². The molecule has 0 saturated carbocycles. The number of benzene rings is 2. The topological polar surface area (TPSA) is 73.1 Å². The molecule has 5 nitrogen and oxygen atoms in total. The summed E-state index contributed by atoms with van der Waals surface area (Å²) >= 11 is 0.